The van der Waals surface area contributed by atoms with Crippen LogP contribution in [0.4, 0.5) is 17.1 Å². The molecule has 270 valence electrons. The minimum atomic E-state index is 0.591. The second-order valence-electron chi connectivity index (χ2n) is 14.7. The molecule has 0 aliphatic carbocycles. The summed E-state index contributed by atoms with van der Waals surface area (Å²) in [7, 11) is 0. The molecule has 0 saturated carbocycles. The van der Waals surface area contributed by atoms with Gasteiger partial charge in [0.15, 0.2) is 17.5 Å². The van der Waals surface area contributed by atoms with E-state index in [1.165, 1.54) is 22.3 Å². The van der Waals surface area contributed by atoms with Gasteiger partial charge >= 0.3 is 0 Å². The molecule has 1 aliphatic rings. The molecule has 0 spiro atoms. The van der Waals surface area contributed by atoms with Crippen molar-refractivity contribution in [2.24, 2.45) is 0 Å². The number of fused-ring (bicyclic) bond motifs is 6. The zero-order valence-corrected chi connectivity index (χ0v) is 31.2. The SMILES string of the molecule is c1ccc(-c2cccc3c2-c2cccc4c(-c5nc(-c6ccc7ccccc7c6)nc(-c6cccc7oc8ccccc8c67)n5)ccc(c24)N3c2ccccc2)cc1. The van der Waals surface area contributed by atoms with E-state index < -0.39 is 0 Å². The number of anilines is 3. The fourth-order valence-electron chi connectivity index (χ4n) is 8.87. The van der Waals surface area contributed by atoms with Crippen molar-refractivity contribution < 1.29 is 4.42 Å². The second-order valence-corrected chi connectivity index (χ2v) is 14.7. The van der Waals surface area contributed by atoms with Gasteiger partial charge in [0, 0.05) is 44.1 Å². The van der Waals surface area contributed by atoms with E-state index >= 15 is 0 Å². The van der Waals surface area contributed by atoms with E-state index in [0.29, 0.717) is 17.5 Å². The lowest BCUT2D eigenvalue weighted by Gasteiger charge is -2.35. The van der Waals surface area contributed by atoms with Crippen molar-refractivity contribution >= 4 is 60.5 Å². The van der Waals surface area contributed by atoms with Crippen LogP contribution in [0.1, 0.15) is 0 Å². The highest BCUT2D eigenvalue weighted by Gasteiger charge is 2.30. The van der Waals surface area contributed by atoms with Crippen LogP contribution in [0.25, 0.3) is 99.9 Å². The summed E-state index contributed by atoms with van der Waals surface area (Å²) in [4.78, 5) is 18.3. The fraction of sp³-hybridized carbons (Fsp3) is 0. The Morgan fingerprint density at radius 3 is 1.90 bits per heavy atom. The van der Waals surface area contributed by atoms with Crippen LogP contribution < -0.4 is 4.90 Å². The average molecular weight is 741 g/mol. The predicted molar refractivity (Wildman–Crippen MR) is 238 cm³/mol. The number of rotatable bonds is 5. The number of furan rings is 1. The molecule has 0 saturated heterocycles. The number of hydrogen-bond donors (Lipinski definition) is 0. The first-order valence-electron chi connectivity index (χ1n) is 19.5. The van der Waals surface area contributed by atoms with Crippen LogP contribution in [0.2, 0.25) is 0 Å². The first-order chi connectivity index (χ1) is 28.8. The zero-order chi connectivity index (χ0) is 38.2. The molecule has 0 atom stereocenters. The number of aromatic nitrogens is 3. The van der Waals surface area contributed by atoms with Crippen molar-refractivity contribution in [2.75, 3.05) is 4.90 Å². The summed E-state index contributed by atoms with van der Waals surface area (Å²) in [6.07, 6.45) is 0. The Bertz CT molecular complexity index is 3410. The summed E-state index contributed by atoms with van der Waals surface area (Å²) in [5, 5.41) is 6.52. The molecule has 0 fully saturated rings. The van der Waals surface area contributed by atoms with Crippen LogP contribution >= 0.6 is 0 Å². The first-order valence-corrected chi connectivity index (χ1v) is 19.5. The van der Waals surface area contributed by atoms with Crippen LogP contribution in [-0.2, 0) is 0 Å². The van der Waals surface area contributed by atoms with Gasteiger partial charge in [-0.15, -0.1) is 0 Å². The summed E-state index contributed by atoms with van der Waals surface area (Å²) in [5.74, 6) is 1.81. The van der Waals surface area contributed by atoms with Crippen molar-refractivity contribution in [3.63, 3.8) is 0 Å². The molecule has 3 heterocycles. The van der Waals surface area contributed by atoms with Crippen molar-refractivity contribution in [3.05, 3.63) is 194 Å². The van der Waals surface area contributed by atoms with Crippen LogP contribution in [0, 0.1) is 0 Å². The van der Waals surface area contributed by atoms with E-state index in [4.69, 9.17) is 19.4 Å². The summed E-state index contributed by atoms with van der Waals surface area (Å²) in [6.45, 7) is 0. The highest BCUT2D eigenvalue weighted by molar-refractivity contribution is 6.19. The minimum Gasteiger partial charge on any atom is -0.456 e. The number of para-hydroxylation sites is 2. The topological polar surface area (TPSA) is 55.1 Å². The van der Waals surface area contributed by atoms with Gasteiger partial charge in [-0.2, -0.15) is 0 Å². The molecule has 0 N–H and O–H groups in total. The molecule has 5 nitrogen and oxygen atoms in total. The summed E-state index contributed by atoms with van der Waals surface area (Å²) in [5.41, 5.74) is 12.4. The van der Waals surface area contributed by atoms with Gasteiger partial charge in [-0.3, -0.25) is 0 Å². The summed E-state index contributed by atoms with van der Waals surface area (Å²) >= 11 is 0. The lowest BCUT2D eigenvalue weighted by molar-refractivity contribution is 0.669. The molecule has 0 unspecified atom stereocenters. The standard InChI is InChI=1S/C53H32N4O/c1-3-15-34(16-4-1)38-21-12-25-44-48(38)42-23-11-22-39-40(30-31-45(49(39)42)57(44)37-18-5-2-6-19-37)52-54-51(36-29-28-33-14-7-8-17-35(33)32-36)55-53(56-52)43-24-13-27-47-50(43)41-20-9-10-26-46(41)58-47/h1-32H. The van der Waals surface area contributed by atoms with Gasteiger partial charge < -0.3 is 9.32 Å². The zero-order valence-electron chi connectivity index (χ0n) is 31.2. The Hall–Kier alpha value is -7.89. The average Bonchev–Trinajstić information content (AvgIpc) is 3.68. The van der Waals surface area contributed by atoms with E-state index in [9.17, 15) is 0 Å². The minimum absolute atomic E-state index is 0.591. The normalized spacial score (nSPS) is 12.1. The molecule has 2 aromatic heterocycles. The van der Waals surface area contributed by atoms with Crippen molar-refractivity contribution in [3.8, 4) is 56.4 Å². The van der Waals surface area contributed by atoms with Crippen molar-refractivity contribution in [1.29, 1.82) is 0 Å². The van der Waals surface area contributed by atoms with E-state index in [1.54, 1.807) is 0 Å². The van der Waals surface area contributed by atoms with Crippen LogP contribution in [-0.4, -0.2) is 15.0 Å². The molecule has 1 aliphatic heterocycles. The molecule has 0 radical (unpaired) electrons. The molecule has 58 heavy (non-hydrogen) atoms. The smallest absolute Gasteiger partial charge is 0.164 e. The third-order valence-corrected chi connectivity index (χ3v) is 11.4. The van der Waals surface area contributed by atoms with Crippen LogP contribution in [0.5, 0.6) is 0 Å². The van der Waals surface area contributed by atoms with Crippen LogP contribution in [0.3, 0.4) is 0 Å². The van der Waals surface area contributed by atoms with Gasteiger partial charge in [-0.05, 0) is 81.4 Å². The number of nitrogens with zero attached hydrogens (tertiary/aromatic N) is 4. The molecule has 5 heteroatoms. The maximum absolute atomic E-state index is 6.34. The third-order valence-electron chi connectivity index (χ3n) is 11.4. The molecule has 12 rings (SSSR count). The first kappa shape index (κ1) is 32.4. The Balaban J connectivity index is 1.15. The fourth-order valence-corrected chi connectivity index (χ4v) is 8.87. The molecular weight excluding hydrogens is 709 g/mol. The largest absolute Gasteiger partial charge is 0.456 e. The van der Waals surface area contributed by atoms with Gasteiger partial charge in [-0.1, -0.05) is 146 Å². The van der Waals surface area contributed by atoms with Crippen molar-refractivity contribution in [2.45, 2.75) is 0 Å². The monoisotopic (exact) mass is 740 g/mol. The molecule has 9 aromatic carbocycles. The Labute approximate surface area is 334 Å². The lowest BCUT2D eigenvalue weighted by atomic mass is 9.85. The third kappa shape index (κ3) is 5.00. The van der Waals surface area contributed by atoms with Gasteiger partial charge in [0.25, 0.3) is 0 Å². The highest BCUT2D eigenvalue weighted by atomic mass is 16.3. The van der Waals surface area contributed by atoms with Crippen molar-refractivity contribution in [1.82, 2.24) is 15.0 Å². The van der Waals surface area contributed by atoms with E-state index in [-0.39, 0.29) is 0 Å². The molecular formula is C53H32N4O. The highest BCUT2D eigenvalue weighted by Crippen LogP contribution is 2.54. The summed E-state index contributed by atoms with van der Waals surface area (Å²) < 4.78 is 6.34. The lowest BCUT2D eigenvalue weighted by Crippen LogP contribution is -2.15. The van der Waals surface area contributed by atoms with E-state index in [2.05, 4.69) is 169 Å². The maximum atomic E-state index is 6.34. The molecule has 11 aromatic rings. The number of benzene rings is 9. The Morgan fingerprint density at radius 1 is 0.362 bits per heavy atom. The van der Waals surface area contributed by atoms with Crippen LogP contribution in [0.15, 0.2) is 199 Å². The van der Waals surface area contributed by atoms with Gasteiger partial charge in [0.05, 0.1) is 11.4 Å². The van der Waals surface area contributed by atoms with E-state index in [0.717, 1.165) is 77.2 Å². The Morgan fingerprint density at radius 2 is 1.02 bits per heavy atom. The predicted octanol–water partition coefficient (Wildman–Crippen LogP) is 14.2. The van der Waals surface area contributed by atoms with Gasteiger partial charge in [0.1, 0.15) is 11.2 Å². The molecule has 0 bridgehead atoms. The number of hydrogen-bond acceptors (Lipinski definition) is 5. The van der Waals surface area contributed by atoms with E-state index in [1.807, 2.05) is 30.3 Å². The second kappa shape index (κ2) is 12.8. The van der Waals surface area contributed by atoms with Gasteiger partial charge in [-0.25, -0.2) is 15.0 Å². The quantitative estimate of drug-likeness (QED) is 0.176. The molecule has 0 amide bonds. The van der Waals surface area contributed by atoms with Gasteiger partial charge in [0.2, 0.25) is 0 Å². The summed E-state index contributed by atoms with van der Waals surface area (Å²) in [6, 6.07) is 68.1. The maximum Gasteiger partial charge on any atom is 0.164 e. The Kier molecular flexibility index (Phi) is 7.16.